The minimum Gasteiger partial charge on any atom is -0.495 e. The number of nitrogen functional groups attached to an aromatic ring is 1. The molecule has 6 amide bonds. The van der Waals surface area contributed by atoms with E-state index in [1.807, 2.05) is 0 Å². The number of piperidine rings is 2. The molecule has 3 heterocycles. The van der Waals surface area contributed by atoms with Crippen LogP contribution >= 0.6 is 0 Å². The van der Waals surface area contributed by atoms with Crippen LogP contribution in [0.3, 0.4) is 0 Å². The van der Waals surface area contributed by atoms with Crippen molar-refractivity contribution in [1.82, 2.24) is 25.3 Å². The summed E-state index contributed by atoms with van der Waals surface area (Å²) in [5, 5.41) is 8.18. The highest BCUT2D eigenvalue weighted by Crippen LogP contribution is 2.32. The van der Waals surface area contributed by atoms with E-state index in [1.165, 1.54) is 23.8 Å². The van der Waals surface area contributed by atoms with Gasteiger partial charge in [0, 0.05) is 74.5 Å². The molecule has 5 N–H and O–H groups in total. The van der Waals surface area contributed by atoms with Crippen LogP contribution in [0.5, 0.6) is 5.75 Å². The molecule has 0 saturated carbocycles. The Hall–Kier alpha value is -5.02. The number of carbonyl (C=O) groups excluding carboxylic acids is 6. The molecule has 3 aliphatic rings. The number of methoxy groups -OCH3 is 1. The molecule has 0 spiro atoms. The zero-order chi connectivity index (χ0) is 35.1. The summed E-state index contributed by atoms with van der Waals surface area (Å²) in [4.78, 5) is 80.1. The van der Waals surface area contributed by atoms with Gasteiger partial charge in [-0.05, 0) is 49.6 Å². The van der Waals surface area contributed by atoms with Crippen molar-refractivity contribution < 1.29 is 38.2 Å². The molecule has 49 heavy (non-hydrogen) atoms. The second-order valence-corrected chi connectivity index (χ2v) is 12.4. The lowest BCUT2D eigenvalue weighted by atomic mass is 10.0. The molecule has 2 fully saturated rings. The van der Waals surface area contributed by atoms with E-state index < -0.39 is 17.9 Å². The molecule has 5 rings (SSSR count). The molecule has 0 radical (unpaired) electrons. The Kier molecular flexibility index (Phi) is 11.5. The quantitative estimate of drug-likeness (QED) is 0.134. The molecular weight excluding hydrogens is 634 g/mol. The predicted octanol–water partition coefficient (Wildman–Crippen LogP) is 0.736. The van der Waals surface area contributed by atoms with E-state index in [9.17, 15) is 28.8 Å². The molecule has 3 aliphatic heterocycles. The summed E-state index contributed by atoms with van der Waals surface area (Å²) in [5.41, 5.74) is 8.21. The lowest BCUT2D eigenvalue weighted by molar-refractivity contribution is -0.137. The van der Waals surface area contributed by atoms with Crippen LogP contribution in [0.2, 0.25) is 0 Å². The maximum atomic E-state index is 13.1. The lowest BCUT2D eigenvalue weighted by Gasteiger charge is -2.32. The van der Waals surface area contributed by atoms with Gasteiger partial charge in [-0.2, -0.15) is 0 Å². The van der Waals surface area contributed by atoms with Gasteiger partial charge in [0.1, 0.15) is 11.8 Å². The van der Waals surface area contributed by atoms with E-state index in [0.717, 1.165) is 25.9 Å². The minimum absolute atomic E-state index is 0.0604. The summed E-state index contributed by atoms with van der Waals surface area (Å²) in [6.45, 7) is 4.54. The molecule has 15 heteroatoms. The fourth-order valence-corrected chi connectivity index (χ4v) is 6.31. The predicted molar refractivity (Wildman–Crippen MR) is 179 cm³/mol. The number of benzene rings is 2. The van der Waals surface area contributed by atoms with E-state index in [4.69, 9.17) is 15.2 Å². The molecule has 1 atom stereocenters. The summed E-state index contributed by atoms with van der Waals surface area (Å²) in [5.74, 6) is -1.62. The van der Waals surface area contributed by atoms with Crippen molar-refractivity contribution in [3.63, 3.8) is 0 Å². The highest BCUT2D eigenvalue weighted by Gasteiger charge is 2.40. The molecule has 2 aromatic carbocycles. The molecule has 2 saturated heterocycles. The molecule has 262 valence electrons. The zero-order valence-electron chi connectivity index (χ0n) is 27.8. The number of fused-ring (bicyclic) bond motifs is 1. The van der Waals surface area contributed by atoms with Gasteiger partial charge < -0.3 is 40.5 Å². The summed E-state index contributed by atoms with van der Waals surface area (Å²) >= 11 is 0. The largest absolute Gasteiger partial charge is 0.495 e. The molecule has 1 unspecified atom stereocenters. The summed E-state index contributed by atoms with van der Waals surface area (Å²) < 4.78 is 11.0. The monoisotopic (exact) mass is 677 g/mol. The van der Waals surface area contributed by atoms with Gasteiger partial charge in [0.05, 0.1) is 32.6 Å². The van der Waals surface area contributed by atoms with E-state index >= 15 is 0 Å². The number of rotatable bonds is 13. The van der Waals surface area contributed by atoms with E-state index in [1.54, 1.807) is 36.4 Å². The molecule has 0 bridgehead atoms. The summed E-state index contributed by atoms with van der Waals surface area (Å²) in [6.07, 6.45) is 1.99. The number of nitrogens with one attached hydrogen (secondary N) is 3. The number of ether oxygens (including phenoxy) is 2. The average Bonchev–Trinajstić information content (AvgIpc) is 3.41. The van der Waals surface area contributed by atoms with Crippen molar-refractivity contribution in [3.8, 4) is 5.75 Å². The Balaban J connectivity index is 1.02. The van der Waals surface area contributed by atoms with Crippen LogP contribution in [-0.4, -0.2) is 115 Å². The number of likely N-dealkylation sites (tertiary alicyclic amines) is 1. The van der Waals surface area contributed by atoms with Crippen LogP contribution < -0.4 is 26.4 Å². The number of anilines is 2. The van der Waals surface area contributed by atoms with Gasteiger partial charge in [0.2, 0.25) is 23.6 Å². The van der Waals surface area contributed by atoms with Crippen LogP contribution in [0.4, 0.5) is 11.4 Å². The third-order valence-electron chi connectivity index (χ3n) is 9.11. The maximum absolute atomic E-state index is 13.1. The molecule has 0 aromatic heterocycles. The third kappa shape index (κ3) is 8.72. The average molecular weight is 678 g/mol. The highest BCUT2D eigenvalue weighted by atomic mass is 16.5. The van der Waals surface area contributed by atoms with Crippen molar-refractivity contribution >= 4 is 46.8 Å². The van der Waals surface area contributed by atoms with Crippen molar-refractivity contribution in [2.75, 3.05) is 64.1 Å². The van der Waals surface area contributed by atoms with Crippen LogP contribution in [0.25, 0.3) is 0 Å². The lowest BCUT2D eigenvalue weighted by Crippen LogP contribution is -2.52. The Morgan fingerprint density at radius 1 is 1.06 bits per heavy atom. The number of hydrogen-bond acceptors (Lipinski definition) is 10. The second kappa shape index (κ2) is 15.9. The Bertz CT molecular complexity index is 1610. The van der Waals surface area contributed by atoms with E-state index in [-0.39, 0.29) is 68.8 Å². The minimum atomic E-state index is -0.764. The van der Waals surface area contributed by atoms with Crippen molar-refractivity contribution in [2.45, 2.75) is 51.2 Å². The number of carbonyl (C=O) groups is 6. The Morgan fingerprint density at radius 3 is 2.55 bits per heavy atom. The van der Waals surface area contributed by atoms with Gasteiger partial charge >= 0.3 is 0 Å². The van der Waals surface area contributed by atoms with Crippen molar-refractivity contribution in [1.29, 1.82) is 0 Å². The van der Waals surface area contributed by atoms with E-state index in [0.29, 0.717) is 47.0 Å². The molecule has 0 aliphatic carbocycles. The number of nitrogens with zero attached hydrogens (tertiary/aromatic N) is 3. The summed E-state index contributed by atoms with van der Waals surface area (Å²) in [7, 11) is 1.51. The van der Waals surface area contributed by atoms with Gasteiger partial charge in [-0.25, -0.2) is 0 Å². The van der Waals surface area contributed by atoms with Gasteiger partial charge in [-0.3, -0.25) is 34.1 Å². The smallest absolute Gasteiger partial charge is 0.255 e. The number of hydrogen-bond donors (Lipinski definition) is 4. The topological polar surface area (TPSA) is 193 Å². The van der Waals surface area contributed by atoms with Crippen molar-refractivity contribution in [2.24, 2.45) is 0 Å². The first-order valence-electron chi connectivity index (χ1n) is 16.4. The number of nitrogens with two attached hydrogens (primary N) is 1. The normalized spacial score (nSPS) is 18.1. The molecule has 2 aromatic rings. The summed E-state index contributed by atoms with van der Waals surface area (Å²) in [6, 6.07) is 9.22. The maximum Gasteiger partial charge on any atom is 0.255 e. The first-order valence-corrected chi connectivity index (χ1v) is 16.4. The van der Waals surface area contributed by atoms with Gasteiger partial charge in [0.15, 0.2) is 0 Å². The number of amides is 6. The van der Waals surface area contributed by atoms with Crippen LogP contribution in [-0.2, 0) is 30.5 Å². The second-order valence-electron chi connectivity index (χ2n) is 12.4. The van der Waals surface area contributed by atoms with Gasteiger partial charge in [-0.15, -0.1) is 0 Å². The Morgan fingerprint density at radius 2 is 1.84 bits per heavy atom. The van der Waals surface area contributed by atoms with Crippen LogP contribution in [0, 0.1) is 0 Å². The van der Waals surface area contributed by atoms with Gasteiger partial charge in [-0.1, -0.05) is 6.07 Å². The first kappa shape index (κ1) is 35.3. The zero-order valence-corrected chi connectivity index (χ0v) is 27.8. The fraction of sp³-hybridized carbons (Fsp3) is 0.471. The van der Waals surface area contributed by atoms with Crippen LogP contribution in [0.15, 0.2) is 36.4 Å². The Labute approximate surface area is 284 Å². The third-order valence-corrected chi connectivity index (χ3v) is 9.11. The fourth-order valence-electron chi connectivity index (χ4n) is 6.31. The number of imide groups is 1. The van der Waals surface area contributed by atoms with Crippen molar-refractivity contribution in [3.05, 3.63) is 53.1 Å². The highest BCUT2D eigenvalue weighted by molar-refractivity contribution is 6.07. The molecule has 15 nitrogen and oxygen atoms in total. The van der Waals surface area contributed by atoms with Gasteiger partial charge in [0.25, 0.3) is 11.8 Å². The standard InChI is InChI=1S/C34H43N7O8/c1-21(42)40(15-17-49-16-14-39-12-10-23(11-13-39)36-32(45)22-6-7-26(35)29(18-22)48-2)20-31(44)37-27-5-3-4-24-25(27)19-41(34(24)47)28-8-9-30(43)38-33(28)46/h3-7,18,23,28H,8-17,19-20,35H2,1-2H3,(H,36,45)(H,37,44)(H,38,43,46). The first-order chi connectivity index (χ1) is 23.5. The molecular formula is C34H43N7O8. The van der Waals surface area contributed by atoms with Crippen LogP contribution in [0.1, 0.15) is 58.9 Å². The van der Waals surface area contributed by atoms with E-state index in [2.05, 4.69) is 20.9 Å². The SMILES string of the molecule is COc1cc(C(=O)NC2CCN(CCOCCN(CC(=O)Nc3cccc4c3CN(C3CCC(=O)NC3=O)C4=O)C(C)=O)CC2)ccc1N.